The Morgan fingerprint density at radius 2 is 1.90 bits per heavy atom. The summed E-state index contributed by atoms with van der Waals surface area (Å²) in [7, 11) is 3.82. The average molecular weight is 548 g/mol. The van der Waals surface area contributed by atoms with Gasteiger partial charge in [0.05, 0.1) is 30.1 Å². The highest BCUT2D eigenvalue weighted by atomic mass is 35.5. The number of amides is 2. The van der Waals surface area contributed by atoms with Crippen molar-refractivity contribution in [2.75, 3.05) is 60.4 Å². The third kappa shape index (κ3) is 4.85. The number of methoxy groups -OCH3 is 1. The topological polar surface area (TPSA) is 77.1 Å². The lowest BCUT2D eigenvalue weighted by molar-refractivity contribution is 0.242. The highest BCUT2D eigenvalue weighted by Gasteiger charge is 2.40. The lowest BCUT2D eigenvalue weighted by atomic mass is 9.91. The van der Waals surface area contributed by atoms with Crippen LogP contribution in [0.1, 0.15) is 30.4 Å². The summed E-state index contributed by atoms with van der Waals surface area (Å²) in [5, 5.41) is 3.90. The van der Waals surface area contributed by atoms with Crippen molar-refractivity contribution in [3.63, 3.8) is 0 Å². The summed E-state index contributed by atoms with van der Waals surface area (Å²) in [5.74, 6) is 1.81. The van der Waals surface area contributed by atoms with Gasteiger partial charge in [-0.2, -0.15) is 4.98 Å². The van der Waals surface area contributed by atoms with Gasteiger partial charge in [0.2, 0.25) is 5.95 Å². The predicted octanol–water partition coefficient (Wildman–Crippen LogP) is 5.44. The molecule has 3 aliphatic rings. The molecule has 2 amide bonds. The number of benzene rings is 2. The molecule has 2 fully saturated rings. The number of anilines is 5. The SMILES string of the molecule is COc1cc(N2CCN(C)CC2)ccc1Nc1ncc2c(n1)N(C1CCC1)C(=O)N(c1c(C)cccc1Cl)C2. The molecule has 3 heterocycles. The second kappa shape index (κ2) is 10.5. The highest BCUT2D eigenvalue weighted by Crippen LogP contribution is 2.40. The van der Waals surface area contributed by atoms with E-state index in [9.17, 15) is 4.79 Å². The molecule has 10 heteroatoms. The van der Waals surface area contributed by atoms with Crippen LogP contribution in [-0.4, -0.2) is 67.3 Å². The predicted molar refractivity (Wildman–Crippen MR) is 156 cm³/mol. The summed E-state index contributed by atoms with van der Waals surface area (Å²) >= 11 is 6.57. The van der Waals surface area contributed by atoms with Crippen LogP contribution in [0.25, 0.3) is 0 Å². The van der Waals surface area contributed by atoms with E-state index >= 15 is 0 Å². The average Bonchev–Trinajstić information content (AvgIpc) is 2.90. The van der Waals surface area contributed by atoms with E-state index in [4.69, 9.17) is 21.3 Å². The fourth-order valence-corrected chi connectivity index (χ4v) is 5.84. The van der Waals surface area contributed by atoms with Gasteiger partial charge in [-0.05, 0) is 57.0 Å². The zero-order chi connectivity index (χ0) is 27.1. The first-order valence-electron chi connectivity index (χ1n) is 13.5. The Morgan fingerprint density at radius 3 is 2.59 bits per heavy atom. The van der Waals surface area contributed by atoms with Crippen LogP contribution in [0, 0.1) is 6.92 Å². The number of carbonyl (C=O) groups excluding carboxylic acids is 1. The number of hydrogen-bond acceptors (Lipinski definition) is 7. The number of aryl methyl sites for hydroxylation is 1. The number of ether oxygens (including phenoxy) is 1. The third-order valence-electron chi connectivity index (χ3n) is 8.03. The van der Waals surface area contributed by atoms with Gasteiger partial charge >= 0.3 is 6.03 Å². The smallest absolute Gasteiger partial charge is 0.330 e. The van der Waals surface area contributed by atoms with E-state index in [0.717, 1.165) is 79.4 Å². The zero-order valence-corrected chi connectivity index (χ0v) is 23.4. The minimum atomic E-state index is -0.0952. The monoisotopic (exact) mass is 547 g/mol. The molecule has 6 rings (SSSR count). The molecule has 0 atom stereocenters. The number of nitrogens with zero attached hydrogens (tertiary/aromatic N) is 6. The molecule has 3 aromatic rings. The normalized spacial score (nSPS) is 18.2. The van der Waals surface area contributed by atoms with E-state index in [1.165, 1.54) is 0 Å². The molecule has 2 aliphatic heterocycles. The lowest BCUT2D eigenvalue weighted by Crippen LogP contribution is -2.54. The molecule has 1 aliphatic carbocycles. The van der Waals surface area contributed by atoms with Gasteiger partial charge in [0.1, 0.15) is 11.6 Å². The fraction of sp³-hybridized carbons (Fsp3) is 0.414. The molecule has 39 heavy (non-hydrogen) atoms. The first kappa shape index (κ1) is 25.7. The number of halogens is 1. The number of rotatable bonds is 6. The van der Waals surface area contributed by atoms with E-state index in [1.54, 1.807) is 12.0 Å². The number of nitrogens with one attached hydrogen (secondary N) is 1. The van der Waals surface area contributed by atoms with E-state index in [2.05, 4.69) is 39.3 Å². The van der Waals surface area contributed by atoms with Crippen LogP contribution < -0.4 is 24.8 Å². The summed E-state index contributed by atoms with van der Waals surface area (Å²) in [4.78, 5) is 31.7. The van der Waals surface area contributed by atoms with Crippen LogP contribution in [0.2, 0.25) is 5.02 Å². The van der Waals surface area contributed by atoms with Crippen LogP contribution >= 0.6 is 11.6 Å². The van der Waals surface area contributed by atoms with Crippen LogP contribution in [-0.2, 0) is 6.54 Å². The summed E-state index contributed by atoms with van der Waals surface area (Å²) < 4.78 is 5.73. The van der Waals surface area contributed by atoms with Crippen molar-refractivity contribution in [1.82, 2.24) is 14.9 Å². The summed E-state index contributed by atoms with van der Waals surface area (Å²) in [6.45, 7) is 6.38. The van der Waals surface area contributed by atoms with Crippen LogP contribution in [0.5, 0.6) is 5.75 Å². The number of para-hydroxylation sites is 1. The number of urea groups is 1. The molecule has 0 bridgehead atoms. The van der Waals surface area contributed by atoms with Crippen LogP contribution in [0.15, 0.2) is 42.6 Å². The van der Waals surface area contributed by atoms with Crippen molar-refractivity contribution in [3.8, 4) is 5.75 Å². The van der Waals surface area contributed by atoms with E-state index in [1.807, 2.05) is 42.3 Å². The van der Waals surface area contributed by atoms with Gasteiger partial charge in [-0.1, -0.05) is 23.7 Å². The fourth-order valence-electron chi connectivity index (χ4n) is 5.52. The summed E-state index contributed by atoms with van der Waals surface area (Å²) in [6.07, 6.45) is 4.82. The van der Waals surface area contributed by atoms with E-state index in [-0.39, 0.29) is 12.1 Å². The Kier molecular flexibility index (Phi) is 6.95. The maximum Gasteiger partial charge on any atom is 0.330 e. The molecule has 0 radical (unpaired) electrons. The van der Waals surface area contributed by atoms with Crippen molar-refractivity contribution in [2.24, 2.45) is 0 Å². The van der Waals surface area contributed by atoms with Gasteiger partial charge in [-0.25, -0.2) is 9.78 Å². The molecule has 1 saturated heterocycles. The zero-order valence-electron chi connectivity index (χ0n) is 22.7. The van der Waals surface area contributed by atoms with Crippen molar-refractivity contribution in [2.45, 2.75) is 38.8 Å². The van der Waals surface area contributed by atoms with E-state index < -0.39 is 0 Å². The van der Waals surface area contributed by atoms with Gasteiger partial charge in [-0.15, -0.1) is 0 Å². The number of likely N-dealkylation sites (N-methyl/N-ethyl adjacent to an activating group) is 1. The van der Waals surface area contributed by atoms with Gasteiger partial charge in [0.25, 0.3) is 0 Å². The molecule has 204 valence electrons. The van der Waals surface area contributed by atoms with Gasteiger partial charge in [0, 0.05) is 55.7 Å². The Hall–Kier alpha value is -3.56. The first-order valence-corrected chi connectivity index (χ1v) is 13.9. The molecular weight excluding hydrogens is 514 g/mol. The molecule has 2 aromatic carbocycles. The van der Waals surface area contributed by atoms with Crippen molar-refractivity contribution < 1.29 is 9.53 Å². The number of hydrogen-bond donors (Lipinski definition) is 1. The Morgan fingerprint density at radius 1 is 1.10 bits per heavy atom. The molecule has 0 unspecified atom stereocenters. The molecular formula is C29H34ClN7O2. The van der Waals surface area contributed by atoms with Crippen LogP contribution in [0.4, 0.5) is 33.6 Å². The van der Waals surface area contributed by atoms with E-state index in [0.29, 0.717) is 23.3 Å². The third-order valence-corrected chi connectivity index (χ3v) is 8.34. The van der Waals surface area contributed by atoms with Crippen molar-refractivity contribution >= 4 is 46.5 Å². The summed E-state index contributed by atoms with van der Waals surface area (Å²) in [5.41, 5.74) is 4.50. The minimum Gasteiger partial charge on any atom is -0.494 e. The van der Waals surface area contributed by atoms with Crippen molar-refractivity contribution in [3.05, 3.63) is 58.7 Å². The van der Waals surface area contributed by atoms with Gasteiger partial charge in [-0.3, -0.25) is 9.80 Å². The Balaban J connectivity index is 1.30. The number of carbonyl (C=O) groups is 1. The maximum atomic E-state index is 13.9. The molecule has 1 N–H and O–H groups in total. The number of fused-ring (bicyclic) bond motifs is 1. The Bertz CT molecular complexity index is 1370. The number of piperazine rings is 1. The first-order chi connectivity index (χ1) is 18.9. The van der Waals surface area contributed by atoms with Gasteiger partial charge < -0.3 is 19.9 Å². The molecule has 1 aromatic heterocycles. The largest absolute Gasteiger partial charge is 0.494 e. The quantitative estimate of drug-likeness (QED) is 0.440. The second-order valence-corrected chi connectivity index (χ2v) is 11.0. The van der Waals surface area contributed by atoms with Crippen LogP contribution in [0.3, 0.4) is 0 Å². The summed E-state index contributed by atoms with van der Waals surface area (Å²) in [6, 6.07) is 11.9. The minimum absolute atomic E-state index is 0.0952. The second-order valence-electron chi connectivity index (χ2n) is 10.6. The highest BCUT2D eigenvalue weighted by molar-refractivity contribution is 6.34. The number of aromatic nitrogens is 2. The lowest BCUT2D eigenvalue weighted by Gasteiger charge is -2.43. The van der Waals surface area contributed by atoms with Crippen molar-refractivity contribution in [1.29, 1.82) is 0 Å². The molecule has 1 saturated carbocycles. The molecule has 0 spiro atoms. The van der Waals surface area contributed by atoms with Gasteiger partial charge in [0.15, 0.2) is 0 Å². The maximum absolute atomic E-state index is 13.9. The standard InChI is InChI=1S/C29H34ClN7O2/c1-19-6-4-9-23(30)26(19)36-18-20-17-31-28(33-27(20)37(29(36)38)21-7-5-8-21)32-24-11-10-22(16-25(24)39-3)35-14-12-34(2)13-15-35/h4,6,9-11,16-17,21H,5,7-8,12-15,18H2,1-3H3,(H,31,32,33). The molecule has 9 nitrogen and oxygen atoms in total. The Labute approximate surface area is 234 Å².